The van der Waals surface area contributed by atoms with E-state index in [1.807, 2.05) is 0 Å². The predicted molar refractivity (Wildman–Crippen MR) is 100 cm³/mol. The molecule has 1 aromatic heterocycles. The molecular formula is C19H18ClN3O4. The first-order valence-electron chi connectivity index (χ1n) is 8.20. The van der Waals surface area contributed by atoms with Crippen molar-refractivity contribution in [2.24, 2.45) is 0 Å². The van der Waals surface area contributed by atoms with Crippen LogP contribution in [0.3, 0.4) is 0 Å². The highest BCUT2D eigenvalue weighted by Crippen LogP contribution is 2.28. The molecule has 1 amide bonds. The lowest BCUT2D eigenvalue weighted by atomic mass is 10.1. The Bertz CT molecular complexity index is 903. The zero-order chi connectivity index (χ0) is 19.2. The normalized spacial score (nSPS) is 10.5. The summed E-state index contributed by atoms with van der Waals surface area (Å²) in [5.74, 6) is 1.40. The van der Waals surface area contributed by atoms with Gasteiger partial charge in [-0.05, 0) is 36.4 Å². The number of ether oxygens (including phenoxy) is 2. The predicted octanol–water partition coefficient (Wildman–Crippen LogP) is 3.38. The summed E-state index contributed by atoms with van der Waals surface area (Å²) in [5, 5.41) is 11.5. The Hall–Kier alpha value is -3.06. The molecule has 7 nitrogen and oxygen atoms in total. The number of carbonyl (C=O) groups excluding carboxylic acids is 1. The van der Waals surface area contributed by atoms with Crippen LogP contribution in [0.1, 0.15) is 16.2 Å². The largest absolute Gasteiger partial charge is 0.496 e. The number of hydrogen-bond donors (Lipinski definition) is 1. The molecule has 1 heterocycles. The van der Waals surface area contributed by atoms with Crippen molar-refractivity contribution in [3.63, 3.8) is 0 Å². The molecule has 0 saturated carbocycles. The van der Waals surface area contributed by atoms with Gasteiger partial charge in [0.05, 0.1) is 14.2 Å². The molecule has 3 aromatic rings. The fourth-order valence-electron chi connectivity index (χ4n) is 2.51. The van der Waals surface area contributed by atoms with E-state index < -0.39 is 0 Å². The number of rotatable bonds is 7. The molecule has 140 valence electrons. The number of nitrogens with one attached hydrogen (secondary N) is 1. The van der Waals surface area contributed by atoms with E-state index in [1.54, 1.807) is 42.5 Å². The van der Waals surface area contributed by atoms with Gasteiger partial charge < -0.3 is 19.2 Å². The van der Waals surface area contributed by atoms with Crippen molar-refractivity contribution < 1.29 is 18.7 Å². The minimum Gasteiger partial charge on any atom is -0.496 e. The first kappa shape index (κ1) is 18.7. The van der Waals surface area contributed by atoms with Gasteiger partial charge in [0, 0.05) is 23.6 Å². The number of nitrogens with zero attached hydrogens (tertiary/aromatic N) is 2. The summed E-state index contributed by atoms with van der Waals surface area (Å²) in [5.41, 5.74) is 1.12. The zero-order valence-electron chi connectivity index (χ0n) is 14.9. The summed E-state index contributed by atoms with van der Waals surface area (Å²) in [4.78, 5) is 12.5. The van der Waals surface area contributed by atoms with Crippen molar-refractivity contribution in [3.8, 4) is 23.0 Å². The van der Waals surface area contributed by atoms with Gasteiger partial charge in [-0.15, -0.1) is 10.2 Å². The van der Waals surface area contributed by atoms with E-state index in [9.17, 15) is 4.79 Å². The highest BCUT2D eigenvalue weighted by Gasteiger charge is 2.18. The molecule has 0 aliphatic heterocycles. The maximum atomic E-state index is 12.5. The Morgan fingerprint density at radius 3 is 2.37 bits per heavy atom. The van der Waals surface area contributed by atoms with Crippen LogP contribution in [0.2, 0.25) is 5.02 Å². The van der Waals surface area contributed by atoms with Crippen LogP contribution >= 0.6 is 11.6 Å². The summed E-state index contributed by atoms with van der Waals surface area (Å²) < 4.78 is 16.1. The molecule has 2 aromatic carbocycles. The molecule has 0 atom stereocenters. The Kier molecular flexibility index (Phi) is 5.93. The third-order valence-electron chi connectivity index (χ3n) is 3.84. The van der Waals surface area contributed by atoms with Crippen molar-refractivity contribution >= 4 is 17.5 Å². The van der Waals surface area contributed by atoms with Gasteiger partial charge in [-0.3, -0.25) is 4.79 Å². The van der Waals surface area contributed by atoms with Crippen LogP contribution in [0, 0.1) is 0 Å². The molecule has 1 N–H and O–H groups in total. The van der Waals surface area contributed by atoms with Crippen LogP contribution in [0.5, 0.6) is 11.5 Å². The maximum absolute atomic E-state index is 12.5. The van der Waals surface area contributed by atoms with Gasteiger partial charge in [0.15, 0.2) is 0 Å². The van der Waals surface area contributed by atoms with Gasteiger partial charge >= 0.3 is 0 Å². The quantitative estimate of drug-likeness (QED) is 0.668. The number of halogens is 1. The molecule has 0 fully saturated rings. The molecule has 0 saturated heterocycles. The fourth-order valence-corrected chi connectivity index (χ4v) is 2.64. The Morgan fingerprint density at radius 1 is 1.07 bits per heavy atom. The van der Waals surface area contributed by atoms with Crippen LogP contribution in [0.15, 0.2) is 46.9 Å². The fraction of sp³-hybridized carbons (Fsp3) is 0.211. The molecule has 0 unspecified atom stereocenters. The lowest BCUT2D eigenvalue weighted by molar-refractivity contribution is 0.0947. The number of methoxy groups -OCH3 is 2. The van der Waals surface area contributed by atoms with E-state index in [0.717, 1.165) is 5.56 Å². The van der Waals surface area contributed by atoms with Crippen LogP contribution in [0.25, 0.3) is 11.5 Å². The first-order chi connectivity index (χ1) is 13.1. The smallest absolute Gasteiger partial charge is 0.258 e. The number of benzene rings is 2. The number of hydrogen-bond acceptors (Lipinski definition) is 6. The number of aromatic nitrogens is 2. The highest BCUT2D eigenvalue weighted by molar-refractivity contribution is 6.30. The summed E-state index contributed by atoms with van der Waals surface area (Å²) in [7, 11) is 3.00. The Balaban J connectivity index is 1.62. The minimum absolute atomic E-state index is 0.304. The topological polar surface area (TPSA) is 86.5 Å². The van der Waals surface area contributed by atoms with E-state index >= 15 is 0 Å². The van der Waals surface area contributed by atoms with Gasteiger partial charge in [0.25, 0.3) is 5.91 Å². The van der Waals surface area contributed by atoms with Crippen molar-refractivity contribution in [2.45, 2.75) is 6.42 Å². The van der Waals surface area contributed by atoms with Crippen molar-refractivity contribution in [1.29, 1.82) is 0 Å². The third kappa shape index (κ3) is 4.38. The van der Waals surface area contributed by atoms with Crippen LogP contribution in [0.4, 0.5) is 0 Å². The van der Waals surface area contributed by atoms with Gasteiger partial charge in [0.2, 0.25) is 11.8 Å². The minimum atomic E-state index is -0.304. The molecule has 0 bridgehead atoms. The van der Waals surface area contributed by atoms with Gasteiger partial charge in [-0.2, -0.15) is 0 Å². The Labute approximate surface area is 161 Å². The molecule has 27 heavy (non-hydrogen) atoms. The summed E-state index contributed by atoms with van der Waals surface area (Å²) in [6, 6.07) is 12.3. The number of amides is 1. The maximum Gasteiger partial charge on any atom is 0.258 e. The third-order valence-corrected chi connectivity index (χ3v) is 4.09. The first-order valence-corrected chi connectivity index (χ1v) is 8.57. The SMILES string of the molecule is COc1cccc(OC)c1C(=O)NCCc1nnc(-c2ccc(Cl)cc2)o1. The van der Waals surface area contributed by atoms with E-state index in [1.165, 1.54) is 14.2 Å². The highest BCUT2D eigenvalue weighted by atomic mass is 35.5. The Morgan fingerprint density at radius 2 is 1.74 bits per heavy atom. The molecular weight excluding hydrogens is 370 g/mol. The second kappa shape index (κ2) is 8.55. The molecule has 0 aliphatic carbocycles. The van der Waals surface area contributed by atoms with E-state index in [-0.39, 0.29) is 5.91 Å². The lowest BCUT2D eigenvalue weighted by Crippen LogP contribution is -2.26. The molecule has 3 rings (SSSR count). The van der Waals surface area contributed by atoms with Gasteiger partial charge in [-0.1, -0.05) is 17.7 Å². The van der Waals surface area contributed by atoms with Crippen LogP contribution in [-0.2, 0) is 6.42 Å². The summed E-state index contributed by atoms with van der Waals surface area (Å²) >= 11 is 5.87. The van der Waals surface area contributed by atoms with E-state index in [2.05, 4.69) is 15.5 Å². The monoisotopic (exact) mass is 387 g/mol. The van der Waals surface area contributed by atoms with Crippen molar-refractivity contribution in [1.82, 2.24) is 15.5 Å². The second-order valence-electron chi connectivity index (χ2n) is 5.55. The molecule has 0 aliphatic rings. The van der Waals surface area contributed by atoms with E-state index in [4.69, 9.17) is 25.5 Å². The molecule has 0 radical (unpaired) electrons. The average molecular weight is 388 g/mol. The summed E-state index contributed by atoms with van der Waals surface area (Å²) in [6.07, 6.45) is 0.393. The molecule has 8 heteroatoms. The van der Waals surface area contributed by atoms with Gasteiger partial charge in [-0.25, -0.2) is 0 Å². The van der Waals surface area contributed by atoms with E-state index in [0.29, 0.717) is 46.8 Å². The van der Waals surface area contributed by atoms with Crippen molar-refractivity contribution in [2.75, 3.05) is 20.8 Å². The zero-order valence-corrected chi connectivity index (χ0v) is 15.6. The summed E-state index contributed by atoms with van der Waals surface area (Å²) in [6.45, 7) is 0.322. The van der Waals surface area contributed by atoms with Crippen molar-refractivity contribution in [3.05, 3.63) is 58.9 Å². The lowest BCUT2D eigenvalue weighted by Gasteiger charge is -2.12. The van der Waals surface area contributed by atoms with Gasteiger partial charge in [0.1, 0.15) is 17.1 Å². The number of carbonyl (C=O) groups is 1. The van der Waals surface area contributed by atoms with Crippen LogP contribution < -0.4 is 14.8 Å². The standard InChI is InChI=1S/C19H18ClN3O4/c1-25-14-4-3-5-15(26-2)17(14)18(24)21-11-10-16-22-23-19(27-16)12-6-8-13(20)9-7-12/h3-9H,10-11H2,1-2H3,(H,21,24). The average Bonchev–Trinajstić information content (AvgIpc) is 3.16. The molecule has 0 spiro atoms. The second-order valence-corrected chi connectivity index (χ2v) is 5.99. The van der Waals surface area contributed by atoms with Crippen LogP contribution in [-0.4, -0.2) is 36.9 Å².